The van der Waals surface area contributed by atoms with Crippen LogP contribution in [0.2, 0.25) is 5.02 Å². The van der Waals surface area contributed by atoms with Gasteiger partial charge >= 0.3 is 0 Å². The molecular weight excluding hydrogens is 270 g/mol. The van der Waals surface area contributed by atoms with Crippen molar-refractivity contribution in [3.8, 4) is 0 Å². The topological polar surface area (TPSA) is 29.0 Å². The second-order valence-corrected chi connectivity index (χ2v) is 5.61. The quantitative estimate of drug-likeness (QED) is 0.858. The maximum atomic E-state index is 6.28. The monoisotopic (exact) mass is 287 g/mol. The number of benzene rings is 1. The summed E-state index contributed by atoms with van der Waals surface area (Å²) in [4.78, 5) is 10.9. The number of aromatic nitrogens is 2. The molecule has 104 valence electrons. The lowest BCUT2D eigenvalue weighted by molar-refractivity contribution is 0.137. The fraction of sp³-hybridized carbons (Fsp3) is 0.375. The number of hydrogen-bond acceptors (Lipinski definition) is 3. The van der Waals surface area contributed by atoms with Crippen LogP contribution in [0, 0.1) is 0 Å². The van der Waals surface area contributed by atoms with Crippen LogP contribution < -0.4 is 0 Å². The number of halogens is 1. The van der Waals surface area contributed by atoms with E-state index in [1.807, 2.05) is 30.5 Å². The van der Waals surface area contributed by atoms with Gasteiger partial charge in [-0.3, -0.25) is 4.90 Å². The van der Waals surface area contributed by atoms with Crippen molar-refractivity contribution in [3.05, 3.63) is 59.1 Å². The average Bonchev–Trinajstić information content (AvgIpc) is 2.51. The first-order valence-corrected chi connectivity index (χ1v) is 7.46. The molecule has 20 heavy (non-hydrogen) atoms. The Morgan fingerprint density at radius 1 is 1.20 bits per heavy atom. The van der Waals surface area contributed by atoms with Gasteiger partial charge in [-0.25, -0.2) is 9.97 Å². The normalized spacial score (nSPS) is 19.9. The van der Waals surface area contributed by atoms with Gasteiger partial charge in [0.05, 0.1) is 11.7 Å². The van der Waals surface area contributed by atoms with E-state index in [9.17, 15) is 0 Å². The molecule has 1 aliphatic rings. The number of rotatable bonds is 3. The van der Waals surface area contributed by atoms with Crippen molar-refractivity contribution in [1.82, 2.24) is 14.9 Å². The fourth-order valence-electron chi connectivity index (χ4n) is 2.86. The summed E-state index contributed by atoms with van der Waals surface area (Å²) in [6, 6.07) is 10.5. The van der Waals surface area contributed by atoms with Gasteiger partial charge in [-0.15, -0.1) is 0 Å². The maximum Gasteiger partial charge on any atom is 0.115 e. The molecule has 0 N–H and O–H groups in total. The molecule has 1 aliphatic heterocycles. The summed E-state index contributed by atoms with van der Waals surface area (Å²) >= 11 is 6.28. The van der Waals surface area contributed by atoms with Crippen molar-refractivity contribution in [3.63, 3.8) is 0 Å². The van der Waals surface area contributed by atoms with Crippen LogP contribution in [0.25, 0.3) is 0 Å². The number of likely N-dealkylation sites (tertiary alicyclic amines) is 1. The molecule has 1 fully saturated rings. The smallest absolute Gasteiger partial charge is 0.115 e. The third kappa shape index (κ3) is 3.00. The Hall–Kier alpha value is -1.45. The molecule has 3 rings (SSSR count). The summed E-state index contributed by atoms with van der Waals surface area (Å²) < 4.78 is 0. The van der Waals surface area contributed by atoms with Gasteiger partial charge in [-0.2, -0.15) is 0 Å². The van der Waals surface area contributed by atoms with Crippen LogP contribution in [-0.2, 0) is 6.54 Å². The number of nitrogens with zero attached hydrogens (tertiary/aromatic N) is 3. The van der Waals surface area contributed by atoms with Crippen molar-refractivity contribution < 1.29 is 0 Å². The van der Waals surface area contributed by atoms with Crippen molar-refractivity contribution in [2.75, 3.05) is 6.54 Å². The van der Waals surface area contributed by atoms with Crippen LogP contribution in [0.4, 0.5) is 0 Å². The molecule has 0 amide bonds. The van der Waals surface area contributed by atoms with E-state index in [-0.39, 0.29) is 0 Å². The molecule has 1 saturated heterocycles. The predicted molar refractivity (Wildman–Crippen MR) is 80.5 cm³/mol. The van der Waals surface area contributed by atoms with Crippen LogP contribution in [0.1, 0.15) is 36.6 Å². The van der Waals surface area contributed by atoms with E-state index in [1.165, 1.54) is 18.4 Å². The molecule has 0 aliphatic carbocycles. The van der Waals surface area contributed by atoms with Gasteiger partial charge in [0, 0.05) is 17.8 Å². The molecule has 2 heterocycles. The van der Waals surface area contributed by atoms with Crippen molar-refractivity contribution in [1.29, 1.82) is 0 Å². The van der Waals surface area contributed by atoms with E-state index in [0.29, 0.717) is 6.04 Å². The van der Waals surface area contributed by atoms with E-state index in [0.717, 1.165) is 30.2 Å². The summed E-state index contributed by atoms with van der Waals surface area (Å²) in [6.45, 7) is 1.98. The van der Waals surface area contributed by atoms with Gasteiger partial charge in [0.15, 0.2) is 0 Å². The number of hydrogen-bond donors (Lipinski definition) is 0. The van der Waals surface area contributed by atoms with Crippen LogP contribution in [0.15, 0.2) is 42.9 Å². The third-order valence-corrected chi connectivity index (χ3v) is 4.26. The predicted octanol–water partition coefficient (Wildman–Crippen LogP) is 3.86. The Labute approximate surface area is 124 Å². The zero-order chi connectivity index (χ0) is 13.8. The Kier molecular flexibility index (Phi) is 4.28. The Balaban J connectivity index is 1.81. The lowest BCUT2D eigenvalue weighted by atomic mass is 9.98. The molecule has 0 spiro atoms. The largest absolute Gasteiger partial charge is 0.290 e. The highest BCUT2D eigenvalue weighted by Crippen LogP contribution is 2.31. The number of piperidine rings is 1. The van der Waals surface area contributed by atoms with E-state index in [1.54, 1.807) is 6.33 Å². The minimum absolute atomic E-state index is 0.378. The van der Waals surface area contributed by atoms with Gasteiger partial charge in [0.1, 0.15) is 6.33 Å². The summed E-state index contributed by atoms with van der Waals surface area (Å²) in [6.07, 6.45) is 7.11. The van der Waals surface area contributed by atoms with E-state index in [2.05, 4.69) is 20.9 Å². The fourth-order valence-corrected chi connectivity index (χ4v) is 3.05. The first-order valence-electron chi connectivity index (χ1n) is 7.08. The van der Waals surface area contributed by atoms with Gasteiger partial charge in [-0.1, -0.05) is 36.2 Å². The zero-order valence-electron chi connectivity index (χ0n) is 11.4. The van der Waals surface area contributed by atoms with Crippen molar-refractivity contribution >= 4 is 11.6 Å². The minimum atomic E-state index is 0.378. The molecule has 0 bridgehead atoms. The van der Waals surface area contributed by atoms with Gasteiger partial charge in [-0.05, 0) is 37.1 Å². The minimum Gasteiger partial charge on any atom is -0.290 e. The molecule has 0 radical (unpaired) electrons. The molecule has 0 unspecified atom stereocenters. The van der Waals surface area contributed by atoms with Crippen LogP contribution >= 0.6 is 11.6 Å². The maximum absolute atomic E-state index is 6.28. The first kappa shape index (κ1) is 13.5. The second-order valence-electron chi connectivity index (χ2n) is 5.21. The van der Waals surface area contributed by atoms with Crippen molar-refractivity contribution in [2.24, 2.45) is 0 Å². The molecule has 3 nitrogen and oxygen atoms in total. The summed E-state index contributed by atoms with van der Waals surface area (Å²) in [5.74, 6) is 0. The van der Waals surface area contributed by atoms with E-state index in [4.69, 9.17) is 11.6 Å². The van der Waals surface area contributed by atoms with Crippen LogP contribution in [0.3, 0.4) is 0 Å². The molecule has 1 atom stereocenters. The average molecular weight is 288 g/mol. The highest BCUT2D eigenvalue weighted by molar-refractivity contribution is 6.31. The molecule has 1 aromatic carbocycles. The molecule has 2 aromatic rings. The van der Waals surface area contributed by atoms with Gasteiger partial charge in [0.2, 0.25) is 0 Å². The second kappa shape index (κ2) is 6.33. The van der Waals surface area contributed by atoms with Crippen molar-refractivity contribution in [2.45, 2.75) is 31.8 Å². The van der Waals surface area contributed by atoms with E-state index >= 15 is 0 Å². The Morgan fingerprint density at radius 2 is 2.10 bits per heavy atom. The molecule has 0 saturated carbocycles. The third-order valence-electron chi connectivity index (χ3n) is 3.89. The van der Waals surface area contributed by atoms with Crippen LogP contribution in [0.5, 0.6) is 0 Å². The highest BCUT2D eigenvalue weighted by Gasteiger charge is 2.25. The first-order chi connectivity index (χ1) is 9.84. The summed E-state index contributed by atoms with van der Waals surface area (Å²) in [5, 5.41) is 0.847. The Morgan fingerprint density at radius 3 is 2.90 bits per heavy atom. The van der Waals surface area contributed by atoms with Crippen LogP contribution in [-0.4, -0.2) is 21.4 Å². The standard InChI is InChI=1S/C16H18ClN3/c17-14-6-2-1-5-13(14)11-20-10-4-3-7-16(20)15-8-9-18-12-19-15/h1-2,5-6,8-9,12,16H,3-4,7,10-11H2/t16-/m1/s1. The lowest BCUT2D eigenvalue weighted by Crippen LogP contribution is -2.33. The zero-order valence-corrected chi connectivity index (χ0v) is 12.1. The van der Waals surface area contributed by atoms with Gasteiger partial charge in [0.25, 0.3) is 0 Å². The lowest BCUT2D eigenvalue weighted by Gasteiger charge is -2.35. The Bertz CT molecular complexity index is 559. The SMILES string of the molecule is Clc1ccccc1CN1CCCC[C@@H]1c1ccncn1. The molecule has 4 heteroatoms. The molecule has 1 aromatic heterocycles. The summed E-state index contributed by atoms with van der Waals surface area (Å²) in [7, 11) is 0. The van der Waals surface area contributed by atoms with Gasteiger partial charge < -0.3 is 0 Å². The molecular formula is C16H18ClN3. The summed E-state index contributed by atoms with van der Waals surface area (Å²) in [5.41, 5.74) is 2.31. The highest BCUT2D eigenvalue weighted by atomic mass is 35.5. The van der Waals surface area contributed by atoms with E-state index < -0.39 is 0 Å².